The van der Waals surface area contributed by atoms with Crippen molar-refractivity contribution >= 4 is 49.4 Å². The number of allylic oxidation sites excluding steroid dienone is 1. The summed E-state index contributed by atoms with van der Waals surface area (Å²) < 4.78 is 6.26. The van der Waals surface area contributed by atoms with Gasteiger partial charge in [-0.25, -0.2) is 15.0 Å². The fourth-order valence-corrected chi connectivity index (χ4v) is 7.29. The molecule has 0 atom stereocenters. The van der Waals surface area contributed by atoms with Crippen molar-refractivity contribution in [2.24, 2.45) is 0 Å². The Hall–Kier alpha value is -6.39. The highest BCUT2D eigenvalue weighted by molar-refractivity contribution is 6.08. The van der Waals surface area contributed by atoms with E-state index in [-0.39, 0.29) is 0 Å². The van der Waals surface area contributed by atoms with Crippen LogP contribution in [0.1, 0.15) is 17.7 Å². The second kappa shape index (κ2) is 11.1. The fraction of sp³-hybridized carbons (Fsp3) is 0.0444. The van der Waals surface area contributed by atoms with Crippen LogP contribution >= 0.6 is 0 Å². The monoisotopic (exact) mass is 627 g/mol. The summed E-state index contributed by atoms with van der Waals surface area (Å²) in [5.41, 5.74) is 7.39. The number of fused-ring (bicyclic) bond motifs is 7. The molecule has 0 fully saturated rings. The lowest BCUT2D eigenvalue weighted by molar-refractivity contribution is 0.546. The van der Waals surface area contributed by atoms with Crippen molar-refractivity contribution < 1.29 is 4.42 Å². The Bertz CT molecular complexity index is 2780. The van der Waals surface area contributed by atoms with E-state index in [0.29, 0.717) is 17.5 Å². The largest absolute Gasteiger partial charge is 0.460 e. The molecule has 0 saturated carbocycles. The molecule has 0 bridgehead atoms. The average molecular weight is 628 g/mol. The molecule has 0 spiro atoms. The van der Waals surface area contributed by atoms with Crippen molar-refractivity contribution in [2.75, 3.05) is 0 Å². The lowest BCUT2D eigenvalue weighted by atomic mass is 9.94. The molecule has 1 aliphatic carbocycles. The molecule has 7 aromatic carbocycles. The van der Waals surface area contributed by atoms with Crippen LogP contribution in [0.15, 0.2) is 150 Å². The van der Waals surface area contributed by atoms with Gasteiger partial charge in [-0.1, -0.05) is 127 Å². The Morgan fingerprint density at radius 2 is 1.10 bits per heavy atom. The molecule has 0 N–H and O–H groups in total. The standard InChI is InChI=1S/C45H29N3O/c1-2-10-29(11-3-1)43-46-44(48-45(47-43)35-23-24-37-32(27-35)20-17-28-9-4-5-12-36(28)37)34-22-19-30-25-33(21-18-31(30)26-34)38-14-8-16-41-42(38)39-13-6-7-15-40(39)49-41/h1-6,8-14,16-27H,7,15H2. The minimum absolute atomic E-state index is 0.648. The van der Waals surface area contributed by atoms with E-state index in [1.54, 1.807) is 0 Å². The van der Waals surface area contributed by atoms with E-state index in [4.69, 9.17) is 19.4 Å². The summed E-state index contributed by atoms with van der Waals surface area (Å²) in [6, 6.07) is 49.0. The van der Waals surface area contributed by atoms with Crippen LogP contribution in [-0.4, -0.2) is 15.0 Å². The number of hydrogen-bond acceptors (Lipinski definition) is 4. The topological polar surface area (TPSA) is 51.8 Å². The number of aromatic nitrogens is 3. The number of aryl methyl sites for hydroxylation is 1. The van der Waals surface area contributed by atoms with E-state index in [1.807, 2.05) is 30.3 Å². The summed E-state index contributed by atoms with van der Waals surface area (Å²) in [4.78, 5) is 15.1. The zero-order valence-electron chi connectivity index (χ0n) is 26.6. The molecule has 0 saturated heterocycles. The van der Waals surface area contributed by atoms with Gasteiger partial charge in [0.05, 0.1) is 0 Å². The predicted octanol–water partition coefficient (Wildman–Crippen LogP) is 11.7. The summed E-state index contributed by atoms with van der Waals surface area (Å²) in [6.45, 7) is 0. The molecule has 2 aromatic heterocycles. The van der Waals surface area contributed by atoms with Gasteiger partial charge in [-0.15, -0.1) is 0 Å². The Kier molecular flexibility index (Phi) is 6.28. The summed E-state index contributed by atoms with van der Waals surface area (Å²) in [7, 11) is 0. The first kappa shape index (κ1) is 27.7. The van der Waals surface area contributed by atoms with Crippen molar-refractivity contribution in [3.05, 3.63) is 157 Å². The minimum atomic E-state index is 0.648. The minimum Gasteiger partial charge on any atom is -0.460 e. The van der Waals surface area contributed by atoms with Gasteiger partial charge in [0.1, 0.15) is 11.3 Å². The molecule has 0 aliphatic heterocycles. The second-order valence-corrected chi connectivity index (χ2v) is 12.7. The Labute approximate surface area is 283 Å². The van der Waals surface area contributed by atoms with E-state index in [2.05, 4.69) is 121 Å². The number of nitrogens with zero attached hydrogens (tertiary/aromatic N) is 3. The van der Waals surface area contributed by atoms with Crippen LogP contribution in [-0.2, 0) is 6.42 Å². The van der Waals surface area contributed by atoms with Crippen LogP contribution in [0, 0.1) is 0 Å². The smallest absolute Gasteiger partial charge is 0.164 e. The SMILES string of the molecule is C1=Cc2c(oc3cccc(-c4ccc5cc(-c6nc(-c7ccccc7)nc(-c7ccc8c(ccc9ccccc98)c7)n6)ccc5c4)c23)CC1. The predicted molar refractivity (Wildman–Crippen MR) is 201 cm³/mol. The summed E-state index contributed by atoms with van der Waals surface area (Å²) in [5, 5.41) is 8.32. The van der Waals surface area contributed by atoms with Crippen molar-refractivity contribution in [3.63, 3.8) is 0 Å². The van der Waals surface area contributed by atoms with Gasteiger partial charge in [0.25, 0.3) is 0 Å². The van der Waals surface area contributed by atoms with Crippen molar-refractivity contribution in [2.45, 2.75) is 12.8 Å². The molecule has 4 nitrogen and oxygen atoms in total. The third kappa shape index (κ3) is 4.72. The fourth-order valence-electron chi connectivity index (χ4n) is 7.29. The van der Waals surface area contributed by atoms with E-state index in [0.717, 1.165) is 57.0 Å². The zero-order chi connectivity index (χ0) is 32.3. The number of hydrogen-bond donors (Lipinski definition) is 0. The maximum atomic E-state index is 6.26. The summed E-state index contributed by atoms with van der Waals surface area (Å²) in [5.74, 6) is 3.04. The van der Waals surface area contributed by atoms with Crippen LogP contribution in [0.4, 0.5) is 0 Å². The first-order chi connectivity index (χ1) is 24.2. The van der Waals surface area contributed by atoms with Crippen LogP contribution < -0.4 is 0 Å². The lowest BCUT2D eigenvalue weighted by Crippen LogP contribution is -2.00. The van der Waals surface area contributed by atoms with Gasteiger partial charge in [-0.2, -0.15) is 0 Å². The molecular weight excluding hydrogens is 599 g/mol. The maximum absolute atomic E-state index is 6.26. The van der Waals surface area contributed by atoms with E-state index in [9.17, 15) is 0 Å². The van der Waals surface area contributed by atoms with Gasteiger partial charge in [0.15, 0.2) is 17.5 Å². The first-order valence-electron chi connectivity index (χ1n) is 16.7. The number of benzene rings is 7. The molecular formula is C45H29N3O. The van der Waals surface area contributed by atoms with Crippen LogP contribution in [0.2, 0.25) is 0 Å². The molecule has 1 aliphatic rings. The molecule has 49 heavy (non-hydrogen) atoms. The van der Waals surface area contributed by atoms with E-state index < -0.39 is 0 Å². The second-order valence-electron chi connectivity index (χ2n) is 12.7. The number of furan rings is 1. The third-order valence-corrected chi connectivity index (χ3v) is 9.73. The first-order valence-corrected chi connectivity index (χ1v) is 16.7. The van der Waals surface area contributed by atoms with Gasteiger partial charge < -0.3 is 4.42 Å². The molecule has 0 amide bonds. The number of rotatable bonds is 4. The quantitative estimate of drug-likeness (QED) is 0.182. The highest BCUT2D eigenvalue weighted by Crippen LogP contribution is 2.39. The Balaban J connectivity index is 1.08. The van der Waals surface area contributed by atoms with Crippen molar-refractivity contribution in [1.82, 2.24) is 15.0 Å². The average Bonchev–Trinajstić information content (AvgIpc) is 3.56. The Morgan fingerprint density at radius 1 is 0.469 bits per heavy atom. The highest BCUT2D eigenvalue weighted by Gasteiger charge is 2.19. The highest BCUT2D eigenvalue weighted by atomic mass is 16.3. The van der Waals surface area contributed by atoms with E-state index in [1.165, 1.54) is 38.2 Å². The molecule has 10 rings (SSSR count). The summed E-state index contributed by atoms with van der Waals surface area (Å²) >= 11 is 0. The molecule has 4 heteroatoms. The van der Waals surface area contributed by atoms with Crippen LogP contribution in [0.25, 0.3) is 94.7 Å². The molecule has 0 unspecified atom stereocenters. The lowest BCUT2D eigenvalue weighted by Gasteiger charge is -2.11. The molecule has 0 radical (unpaired) electrons. The van der Waals surface area contributed by atoms with Crippen molar-refractivity contribution in [1.29, 1.82) is 0 Å². The van der Waals surface area contributed by atoms with Gasteiger partial charge in [0, 0.05) is 34.1 Å². The normalized spacial score (nSPS) is 12.7. The summed E-state index contributed by atoms with van der Waals surface area (Å²) in [6.07, 6.45) is 6.43. The van der Waals surface area contributed by atoms with Gasteiger partial charge in [0.2, 0.25) is 0 Å². The Morgan fingerprint density at radius 3 is 1.94 bits per heavy atom. The zero-order valence-corrected chi connectivity index (χ0v) is 26.6. The third-order valence-electron chi connectivity index (χ3n) is 9.73. The van der Waals surface area contributed by atoms with E-state index >= 15 is 0 Å². The van der Waals surface area contributed by atoms with Crippen LogP contribution in [0.3, 0.4) is 0 Å². The van der Waals surface area contributed by atoms with Gasteiger partial charge in [-0.3, -0.25) is 0 Å². The molecule has 2 heterocycles. The molecule has 9 aromatic rings. The van der Waals surface area contributed by atoms with Gasteiger partial charge in [-0.05, 0) is 74.1 Å². The maximum Gasteiger partial charge on any atom is 0.164 e. The molecule has 230 valence electrons. The van der Waals surface area contributed by atoms with Gasteiger partial charge >= 0.3 is 0 Å². The van der Waals surface area contributed by atoms with Crippen molar-refractivity contribution in [3.8, 4) is 45.3 Å². The van der Waals surface area contributed by atoms with Crippen LogP contribution in [0.5, 0.6) is 0 Å².